The van der Waals surface area contributed by atoms with Gasteiger partial charge in [-0.05, 0) is 53.1 Å². The van der Waals surface area contributed by atoms with Crippen LogP contribution >= 0.6 is 27.7 Å². The van der Waals surface area contributed by atoms with Crippen LogP contribution in [0.2, 0.25) is 0 Å². The molecule has 0 amide bonds. The van der Waals surface area contributed by atoms with Crippen molar-refractivity contribution < 1.29 is 4.74 Å². The fraction of sp³-hybridized carbons (Fsp3) is 0.750. The van der Waals surface area contributed by atoms with Crippen molar-refractivity contribution in [3.63, 3.8) is 0 Å². The predicted octanol–water partition coefficient (Wildman–Crippen LogP) is 3.26. The molecule has 1 aromatic heterocycles. The molecule has 5 heteroatoms. The monoisotopic (exact) mass is 316 g/mol. The van der Waals surface area contributed by atoms with E-state index in [0.29, 0.717) is 6.04 Å². The van der Waals surface area contributed by atoms with E-state index in [1.807, 2.05) is 6.20 Å². The first-order valence-corrected chi connectivity index (χ1v) is 8.14. The van der Waals surface area contributed by atoms with Gasteiger partial charge in [-0.15, -0.1) is 0 Å². The van der Waals surface area contributed by atoms with Gasteiger partial charge in [0.25, 0.3) is 0 Å². The minimum absolute atomic E-state index is 0.145. The van der Waals surface area contributed by atoms with Crippen LogP contribution in [0.25, 0.3) is 0 Å². The molecule has 0 radical (unpaired) electrons. The second kappa shape index (κ2) is 4.94. The Balaban J connectivity index is 1.74. The largest absolute Gasteiger partial charge is 0.375 e. The molecule has 2 aliphatic heterocycles. The van der Waals surface area contributed by atoms with E-state index in [-0.39, 0.29) is 5.60 Å². The first kappa shape index (κ1) is 12.1. The SMILES string of the molecule is Brc1cnn(C2CCOC3(CCSCC3)C2)c1. The average Bonchev–Trinajstić information content (AvgIpc) is 2.77. The van der Waals surface area contributed by atoms with Crippen LogP contribution in [-0.4, -0.2) is 33.5 Å². The minimum atomic E-state index is 0.145. The first-order chi connectivity index (χ1) is 8.27. The zero-order valence-electron chi connectivity index (χ0n) is 9.77. The number of aromatic nitrogens is 2. The average molecular weight is 317 g/mol. The molecule has 94 valence electrons. The van der Waals surface area contributed by atoms with E-state index >= 15 is 0 Å². The third kappa shape index (κ3) is 2.56. The van der Waals surface area contributed by atoms with Crippen LogP contribution in [0.1, 0.15) is 31.7 Å². The maximum atomic E-state index is 6.10. The smallest absolute Gasteiger partial charge is 0.0718 e. The summed E-state index contributed by atoms with van der Waals surface area (Å²) < 4.78 is 9.27. The molecule has 1 unspecified atom stereocenters. The van der Waals surface area contributed by atoms with Crippen molar-refractivity contribution in [3.8, 4) is 0 Å². The fourth-order valence-corrected chi connectivity index (χ4v) is 4.37. The lowest BCUT2D eigenvalue weighted by atomic mass is 9.85. The Morgan fingerprint density at radius 3 is 3.00 bits per heavy atom. The number of hydrogen-bond donors (Lipinski definition) is 0. The normalized spacial score (nSPS) is 28.4. The lowest BCUT2D eigenvalue weighted by molar-refractivity contribution is -0.100. The second-order valence-corrected chi connectivity index (χ2v) is 7.07. The summed E-state index contributed by atoms with van der Waals surface area (Å²) in [4.78, 5) is 0. The molecule has 3 rings (SSSR count). The van der Waals surface area contributed by atoms with Crippen LogP contribution in [0.5, 0.6) is 0 Å². The highest BCUT2D eigenvalue weighted by atomic mass is 79.9. The molecule has 0 aromatic carbocycles. The van der Waals surface area contributed by atoms with E-state index in [0.717, 1.165) is 23.9 Å². The van der Waals surface area contributed by atoms with E-state index in [2.05, 4.69) is 43.7 Å². The summed E-state index contributed by atoms with van der Waals surface area (Å²) in [5, 5.41) is 4.43. The summed E-state index contributed by atoms with van der Waals surface area (Å²) in [6.07, 6.45) is 8.58. The van der Waals surface area contributed by atoms with E-state index in [9.17, 15) is 0 Å². The molecule has 2 aliphatic rings. The van der Waals surface area contributed by atoms with E-state index in [1.165, 1.54) is 24.3 Å². The quantitative estimate of drug-likeness (QED) is 0.795. The number of thioether (sulfide) groups is 1. The Bertz CT molecular complexity index is 384. The summed E-state index contributed by atoms with van der Waals surface area (Å²) in [5.74, 6) is 2.49. The summed E-state index contributed by atoms with van der Waals surface area (Å²) >= 11 is 5.52. The summed E-state index contributed by atoms with van der Waals surface area (Å²) in [6, 6.07) is 0.512. The number of halogens is 1. The van der Waals surface area contributed by atoms with Gasteiger partial charge in [0.05, 0.1) is 22.3 Å². The van der Waals surface area contributed by atoms with Gasteiger partial charge in [-0.2, -0.15) is 16.9 Å². The van der Waals surface area contributed by atoms with Gasteiger partial charge in [0.15, 0.2) is 0 Å². The highest BCUT2D eigenvalue weighted by Crippen LogP contribution is 2.41. The number of rotatable bonds is 1. The molecule has 0 bridgehead atoms. The molecule has 1 aromatic rings. The maximum Gasteiger partial charge on any atom is 0.0718 e. The molecule has 1 spiro atoms. The van der Waals surface area contributed by atoms with Crippen molar-refractivity contribution in [1.29, 1.82) is 0 Å². The lowest BCUT2D eigenvalue weighted by Gasteiger charge is -2.43. The van der Waals surface area contributed by atoms with E-state index in [4.69, 9.17) is 4.74 Å². The van der Waals surface area contributed by atoms with Crippen LogP contribution in [0.3, 0.4) is 0 Å². The van der Waals surface area contributed by atoms with E-state index < -0.39 is 0 Å². The van der Waals surface area contributed by atoms with Crippen molar-refractivity contribution in [1.82, 2.24) is 9.78 Å². The standard InChI is InChI=1S/C12H17BrN2OS/c13-10-8-14-15(9-10)11-1-4-16-12(7-11)2-5-17-6-3-12/h8-9,11H,1-7H2. The van der Waals surface area contributed by atoms with Crippen molar-refractivity contribution in [2.24, 2.45) is 0 Å². The third-order valence-electron chi connectivity index (χ3n) is 3.82. The van der Waals surface area contributed by atoms with Gasteiger partial charge in [-0.25, -0.2) is 0 Å². The molecule has 0 N–H and O–H groups in total. The van der Waals surface area contributed by atoms with Gasteiger partial charge in [0.2, 0.25) is 0 Å². The van der Waals surface area contributed by atoms with E-state index in [1.54, 1.807) is 0 Å². The third-order valence-corrected chi connectivity index (χ3v) is 5.21. The Hall–Kier alpha value is -0.0000000000000000833. The zero-order valence-corrected chi connectivity index (χ0v) is 12.2. The fourth-order valence-electron chi connectivity index (χ4n) is 2.83. The molecule has 3 nitrogen and oxygen atoms in total. The summed E-state index contributed by atoms with van der Waals surface area (Å²) in [6.45, 7) is 0.882. The molecule has 3 heterocycles. The predicted molar refractivity (Wildman–Crippen MR) is 73.4 cm³/mol. The van der Waals surface area contributed by atoms with Gasteiger partial charge >= 0.3 is 0 Å². The van der Waals surface area contributed by atoms with Gasteiger partial charge in [-0.3, -0.25) is 4.68 Å². The molecular weight excluding hydrogens is 300 g/mol. The van der Waals surface area contributed by atoms with Gasteiger partial charge in [-0.1, -0.05) is 0 Å². The van der Waals surface area contributed by atoms with Gasteiger partial charge in [0, 0.05) is 12.8 Å². The highest BCUT2D eigenvalue weighted by Gasteiger charge is 2.39. The minimum Gasteiger partial charge on any atom is -0.375 e. The molecular formula is C12H17BrN2OS. The zero-order chi connectivity index (χ0) is 11.7. The van der Waals surface area contributed by atoms with Crippen LogP contribution in [0.15, 0.2) is 16.9 Å². The van der Waals surface area contributed by atoms with Crippen molar-refractivity contribution in [2.75, 3.05) is 18.1 Å². The van der Waals surface area contributed by atoms with Crippen LogP contribution in [0, 0.1) is 0 Å². The molecule has 1 atom stereocenters. The molecule has 0 aliphatic carbocycles. The topological polar surface area (TPSA) is 27.1 Å². The highest BCUT2D eigenvalue weighted by molar-refractivity contribution is 9.10. The Kier molecular flexibility index (Phi) is 3.50. The molecule has 0 saturated carbocycles. The lowest BCUT2D eigenvalue weighted by Crippen LogP contribution is -2.43. The van der Waals surface area contributed by atoms with Crippen molar-refractivity contribution in [2.45, 2.75) is 37.3 Å². The van der Waals surface area contributed by atoms with Crippen LogP contribution < -0.4 is 0 Å². The Morgan fingerprint density at radius 2 is 2.29 bits per heavy atom. The van der Waals surface area contributed by atoms with Gasteiger partial charge < -0.3 is 4.74 Å². The van der Waals surface area contributed by atoms with Crippen LogP contribution in [-0.2, 0) is 4.74 Å². The summed E-state index contributed by atoms with van der Waals surface area (Å²) in [5.41, 5.74) is 0.145. The van der Waals surface area contributed by atoms with Crippen LogP contribution in [0.4, 0.5) is 0 Å². The first-order valence-electron chi connectivity index (χ1n) is 6.19. The van der Waals surface area contributed by atoms with Crippen molar-refractivity contribution >= 4 is 27.7 Å². The van der Waals surface area contributed by atoms with Crippen molar-refractivity contribution in [3.05, 3.63) is 16.9 Å². The van der Waals surface area contributed by atoms with Gasteiger partial charge in [0.1, 0.15) is 0 Å². The number of hydrogen-bond acceptors (Lipinski definition) is 3. The maximum absolute atomic E-state index is 6.10. The number of ether oxygens (including phenoxy) is 1. The molecule has 17 heavy (non-hydrogen) atoms. The molecule has 2 fully saturated rings. The summed E-state index contributed by atoms with van der Waals surface area (Å²) in [7, 11) is 0. The Morgan fingerprint density at radius 1 is 1.47 bits per heavy atom. The molecule has 2 saturated heterocycles. The Labute approximate surface area is 114 Å². The number of nitrogens with zero attached hydrogens (tertiary/aromatic N) is 2. The second-order valence-electron chi connectivity index (χ2n) is 4.93.